The summed E-state index contributed by atoms with van der Waals surface area (Å²) in [5.74, 6) is -0.751. The molecule has 0 bridgehead atoms. The van der Waals surface area contributed by atoms with Crippen LogP contribution in [0.1, 0.15) is 23.1 Å². The maximum atomic E-state index is 6.71. The second-order valence-electron chi connectivity index (χ2n) is 8.83. The summed E-state index contributed by atoms with van der Waals surface area (Å²) in [4.78, 5) is 0. The highest BCUT2D eigenvalue weighted by Crippen LogP contribution is 2.37. The predicted molar refractivity (Wildman–Crippen MR) is 139 cm³/mol. The maximum Gasteiger partial charge on any atom is 0.190 e. The third-order valence-electron chi connectivity index (χ3n) is 6.54. The molecule has 0 unspecified atom stereocenters. The van der Waals surface area contributed by atoms with Crippen LogP contribution in [0, 0.1) is 0 Å². The van der Waals surface area contributed by atoms with Crippen LogP contribution in [0.25, 0.3) is 0 Å². The lowest BCUT2D eigenvalue weighted by atomic mass is 9.79. The molecular weight excluding hydrogens is 436 g/mol. The van der Waals surface area contributed by atoms with E-state index in [4.69, 9.17) is 18.9 Å². The Hall–Kier alpha value is -3.02. The molecule has 0 amide bonds. The number of hydrogen-bond acceptors (Lipinski definition) is 4. The first-order chi connectivity index (χ1) is 17.2. The van der Waals surface area contributed by atoms with Crippen molar-refractivity contribution >= 4 is 0 Å². The minimum Gasteiger partial charge on any atom is -0.351 e. The van der Waals surface area contributed by atoms with Crippen LogP contribution in [-0.2, 0) is 38.4 Å². The summed E-state index contributed by atoms with van der Waals surface area (Å²) in [6, 6.07) is 31.1. The molecule has 0 aromatic heterocycles. The highest BCUT2D eigenvalue weighted by molar-refractivity contribution is 5.39. The summed E-state index contributed by atoms with van der Waals surface area (Å²) in [5, 5.41) is 0. The predicted octanol–water partition coefficient (Wildman–Crippen LogP) is 6.28. The van der Waals surface area contributed by atoms with E-state index in [1.807, 2.05) is 36.4 Å². The molecule has 3 aromatic carbocycles. The molecule has 0 saturated carbocycles. The fourth-order valence-electron chi connectivity index (χ4n) is 4.52. The number of hydrogen-bond donors (Lipinski definition) is 0. The molecule has 1 aliphatic carbocycles. The number of ether oxygens (including phenoxy) is 4. The summed E-state index contributed by atoms with van der Waals surface area (Å²) in [6.07, 6.45) is 8.27. The van der Waals surface area contributed by atoms with Crippen LogP contribution in [0.5, 0.6) is 0 Å². The van der Waals surface area contributed by atoms with Gasteiger partial charge in [-0.05, 0) is 28.3 Å². The molecule has 35 heavy (non-hydrogen) atoms. The Balaban J connectivity index is 1.64. The van der Waals surface area contributed by atoms with E-state index in [0.29, 0.717) is 25.9 Å². The van der Waals surface area contributed by atoms with Gasteiger partial charge in [-0.15, -0.1) is 0 Å². The van der Waals surface area contributed by atoms with Crippen LogP contribution < -0.4 is 0 Å². The van der Waals surface area contributed by atoms with Gasteiger partial charge < -0.3 is 18.9 Å². The van der Waals surface area contributed by atoms with E-state index >= 15 is 0 Å². The lowest BCUT2D eigenvalue weighted by molar-refractivity contribution is -0.169. The summed E-state index contributed by atoms with van der Waals surface area (Å²) in [6.45, 7) is 0.679. The Morgan fingerprint density at radius 2 is 1.23 bits per heavy atom. The van der Waals surface area contributed by atoms with Crippen LogP contribution in [0.2, 0.25) is 0 Å². The standard InChI is InChI=1S/C31H34O4/c1-32-31(33-2)20-18-29(19-21-31)30(22-26-12-6-3-7-13-26,23-27-14-8-4-9-15-27)35-25-34-24-28-16-10-5-11-17-28/h3-20H,21-25H2,1-2H3. The largest absolute Gasteiger partial charge is 0.351 e. The Labute approximate surface area is 208 Å². The topological polar surface area (TPSA) is 36.9 Å². The number of rotatable bonds is 12. The molecule has 1 aliphatic rings. The maximum absolute atomic E-state index is 6.71. The molecule has 0 fully saturated rings. The molecule has 0 N–H and O–H groups in total. The van der Waals surface area contributed by atoms with Crippen molar-refractivity contribution in [2.75, 3.05) is 21.0 Å². The zero-order valence-electron chi connectivity index (χ0n) is 20.6. The van der Waals surface area contributed by atoms with E-state index in [9.17, 15) is 0 Å². The van der Waals surface area contributed by atoms with Gasteiger partial charge in [0.2, 0.25) is 0 Å². The number of benzene rings is 3. The molecule has 0 saturated heterocycles. The first kappa shape index (κ1) is 25.1. The van der Waals surface area contributed by atoms with E-state index in [0.717, 1.165) is 11.1 Å². The monoisotopic (exact) mass is 470 g/mol. The molecule has 4 heteroatoms. The Morgan fingerprint density at radius 1 is 0.714 bits per heavy atom. The molecule has 4 nitrogen and oxygen atoms in total. The van der Waals surface area contributed by atoms with Gasteiger partial charge in [0.15, 0.2) is 5.79 Å². The van der Waals surface area contributed by atoms with Crippen LogP contribution in [0.3, 0.4) is 0 Å². The Morgan fingerprint density at radius 3 is 1.69 bits per heavy atom. The van der Waals surface area contributed by atoms with Crippen LogP contribution in [0.15, 0.2) is 115 Å². The van der Waals surface area contributed by atoms with Crippen molar-refractivity contribution in [1.29, 1.82) is 0 Å². The quantitative estimate of drug-likeness (QED) is 0.231. The van der Waals surface area contributed by atoms with Crippen LogP contribution >= 0.6 is 0 Å². The minimum atomic E-state index is -0.751. The van der Waals surface area contributed by atoms with Crippen LogP contribution in [-0.4, -0.2) is 32.4 Å². The second-order valence-corrected chi connectivity index (χ2v) is 8.83. The fourth-order valence-corrected chi connectivity index (χ4v) is 4.52. The molecule has 0 aliphatic heterocycles. The van der Waals surface area contributed by atoms with Crippen molar-refractivity contribution in [2.45, 2.75) is 37.3 Å². The van der Waals surface area contributed by atoms with Crippen molar-refractivity contribution in [2.24, 2.45) is 0 Å². The molecule has 0 radical (unpaired) electrons. The molecule has 0 spiro atoms. The third-order valence-corrected chi connectivity index (χ3v) is 6.54. The average Bonchev–Trinajstić information content (AvgIpc) is 2.93. The van der Waals surface area contributed by atoms with Gasteiger partial charge in [-0.2, -0.15) is 0 Å². The smallest absolute Gasteiger partial charge is 0.190 e. The van der Waals surface area contributed by atoms with E-state index in [1.54, 1.807) is 14.2 Å². The fraction of sp³-hybridized carbons (Fsp3) is 0.290. The Bertz CT molecular complexity index is 1050. The highest BCUT2D eigenvalue weighted by Gasteiger charge is 2.38. The molecule has 0 atom stereocenters. The van der Waals surface area contributed by atoms with Gasteiger partial charge in [0.25, 0.3) is 0 Å². The van der Waals surface area contributed by atoms with E-state index < -0.39 is 11.4 Å². The van der Waals surface area contributed by atoms with Gasteiger partial charge in [0, 0.05) is 33.5 Å². The summed E-state index contributed by atoms with van der Waals surface area (Å²) in [5.41, 5.74) is 4.00. The van der Waals surface area contributed by atoms with E-state index in [2.05, 4.69) is 72.8 Å². The van der Waals surface area contributed by atoms with Crippen molar-refractivity contribution in [3.63, 3.8) is 0 Å². The molecule has 3 aromatic rings. The van der Waals surface area contributed by atoms with Gasteiger partial charge in [-0.25, -0.2) is 0 Å². The van der Waals surface area contributed by atoms with Crippen LogP contribution in [0.4, 0.5) is 0 Å². The lowest BCUT2D eigenvalue weighted by Crippen LogP contribution is -2.42. The molecular formula is C31H34O4. The normalized spacial score (nSPS) is 15.1. The highest BCUT2D eigenvalue weighted by atomic mass is 16.7. The zero-order chi connectivity index (χ0) is 24.4. The molecule has 0 heterocycles. The van der Waals surface area contributed by atoms with Gasteiger partial charge >= 0.3 is 0 Å². The summed E-state index contributed by atoms with van der Waals surface area (Å²) < 4.78 is 24.0. The SMILES string of the molecule is COC1(OC)C=CC(C(Cc2ccccc2)(Cc2ccccc2)OCOCc2ccccc2)=CC1. The van der Waals surface area contributed by atoms with E-state index in [-0.39, 0.29) is 6.79 Å². The average molecular weight is 471 g/mol. The first-order valence-electron chi connectivity index (χ1n) is 12.0. The van der Waals surface area contributed by atoms with Gasteiger partial charge in [-0.1, -0.05) is 103 Å². The van der Waals surface area contributed by atoms with Gasteiger partial charge in [0.05, 0.1) is 6.61 Å². The van der Waals surface area contributed by atoms with E-state index in [1.165, 1.54) is 11.1 Å². The van der Waals surface area contributed by atoms with Gasteiger partial charge in [0.1, 0.15) is 12.4 Å². The summed E-state index contributed by atoms with van der Waals surface area (Å²) >= 11 is 0. The summed E-state index contributed by atoms with van der Waals surface area (Å²) in [7, 11) is 3.34. The first-order valence-corrected chi connectivity index (χ1v) is 12.0. The zero-order valence-corrected chi connectivity index (χ0v) is 20.6. The van der Waals surface area contributed by atoms with Crippen molar-refractivity contribution in [3.05, 3.63) is 131 Å². The third kappa shape index (κ3) is 6.56. The minimum absolute atomic E-state index is 0.180. The van der Waals surface area contributed by atoms with Crippen molar-refractivity contribution in [3.8, 4) is 0 Å². The second kappa shape index (κ2) is 12.1. The number of methoxy groups -OCH3 is 2. The molecule has 4 rings (SSSR count). The Kier molecular flexibility index (Phi) is 8.67. The van der Waals surface area contributed by atoms with Crippen molar-refractivity contribution < 1.29 is 18.9 Å². The molecule has 182 valence electrons. The van der Waals surface area contributed by atoms with Crippen molar-refractivity contribution in [1.82, 2.24) is 0 Å². The van der Waals surface area contributed by atoms with Gasteiger partial charge in [-0.3, -0.25) is 0 Å². The lowest BCUT2D eigenvalue weighted by Gasteiger charge is -2.39.